The van der Waals surface area contributed by atoms with Crippen LogP contribution in [0, 0.1) is 0 Å². The minimum absolute atomic E-state index is 0.0809. The van der Waals surface area contributed by atoms with Gasteiger partial charge < -0.3 is 14.2 Å². The molecule has 0 aromatic rings. The quantitative estimate of drug-likeness (QED) is 0.0262. The number of unbranched alkanes of at least 4 members (excludes halogenated alkanes) is 30. The predicted octanol–water partition coefficient (Wildman–Crippen LogP) is 17.9. The molecule has 0 aliphatic rings. The summed E-state index contributed by atoms with van der Waals surface area (Å²) < 4.78 is 16.8. The summed E-state index contributed by atoms with van der Waals surface area (Å²) in [6.07, 6.45) is 62.3. The monoisotopic (exact) mass is 883 g/mol. The average molecular weight is 883 g/mol. The van der Waals surface area contributed by atoms with E-state index in [4.69, 9.17) is 14.2 Å². The van der Waals surface area contributed by atoms with Crippen LogP contribution >= 0.6 is 0 Å². The van der Waals surface area contributed by atoms with E-state index in [9.17, 15) is 14.4 Å². The molecule has 0 aromatic heterocycles. The predicted molar refractivity (Wildman–Crippen MR) is 270 cm³/mol. The Bertz CT molecular complexity index is 1110. The van der Waals surface area contributed by atoms with Crippen molar-refractivity contribution in [2.24, 2.45) is 0 Å². The van der Waals surface area contributed by atoms with E-state index in [1.165, 1.54) is 135 Å². The second-order valence-electron chi connectivity index (χ2n) is 18.1. The number of hydrogen-bond acceptors (Lipinski definition) is 6. The summed E-state index contributed by atoms with van der Waals surface area (Å²) in [6.45, 7) is 6.58. The topological polar surface area (TPSA) is 78.9 Å². The van der Waals surface area contributed by atoms with E-state index >= 15 is 0 Å². The fourth-order valence-corrected chi connectivity index (χ4v) is 7.68. The number of hydrogen-bond donors (Lipinski definition) is 0. The lowest BCUT2D eigenvalue weighted by atomic mass is 10.0. The van der Waals surface area contributed by atoms with Crippen molar-refractivity contribution >= 4 is 17.9 Å². The zero-order chi connectivity index (χ0) is 45.8. The summed E-state index contributed by atoms with van der Waals surface area (Å²) in [4.78, 5) is 38.0. The molecule has 0 aliphatic carbocycles. The van der Waals surface area contributed by atoms with Gasteiger partial charge in [0.25, 0.3) is 0 Å². The van der Waals surface area contributed by atoms with Crippen LogP contribution < -0.4 is 0 Å². The number of allylic oxidation sites excluding steroid dienone is 8. The van der Waals surface area contributed by atoms with E-state index in [1.54, 1.807) is 0 Å². The molecule has 0 aromatic carbocycles. The number of rotatable bonds is 49. The standard InChI is InChI=1S/C57H102O6/c1-4-7-10-13-16-19-22-25-28-31-34-37-40-43-46-49-55(58)61-52-54(63-57(60)51-48-45-42-39-36-33-30-27-24-21-18-15-12-9-6-3)53-62-56(59)50-47-44-41-38-35-32-29-26-23-20-17-14-11-8-5-2/h16,18-19,21,25,27-28,30,54H,4-15,17,20,22-24,26,29,31-53H2,1-3H3. The molecule has 0 aliphatic heterocycles. The van der Waals surface area contributed by atoms with Gasteiger partial charge in [-0.3, -0.25) is 14.4 Å². The highest BCUT2D eigenvalue weighted by atomic mass is 16.6. The normalized spacial score (nSPS) is 12.4. The van der Waals surface area contributed by atoms with Gasteiger partial charge >= 0.3 is 17.9 Å². The lowest BCUT2D eigenvalue weighted by Crippen LogP contribution is -2.30. The lowest BCUT2D eigenvalue weighted by Gasteiger charge is -2.18. The van der Waals surface area contributed by atoms with Crippen LogP contribution in [0.5, 0.6) is 0 Å². The maximum Gasteiger partial charge on any atom is 0.306 e. The van der Waals surface area contributed by atoms with Gasteiger partial charge in [-0.2, -0.15) is 0 Å². The van der Waals surface area contributed by atoms with Crippen molar-refractivity contribution in [2.45, 2.75) is 284 Å². The molecule has 0 radical (unpaired) electrons. The van der Waals surface area contributed by atoms with Crippen LogP contribution in [0.25, 0.3) is 0 Å². The van der Waals surface area contributed by atoms with Gasteiger partial charge in [0.15, 0.2) is 6.10 Å². The zero-order valence-electron chi connectivity index (χ0n) is 41.8. The second kappa shape index (κ2) is 52.0. The molecular weight excluding hydrogens is 781 g/mol. The van der Waals surface area contributed by atoms with Crippen LogP contribution in [0.1, 0.15) is 278 Å². The van der Waals surface area contributed by atoms with Crippen molar-refractivity contribution in [1.82, 2.24) is 0 Å². The van der Waals surface area contributed by atoms with Gasteiger partial charge in [0.2, 0.25) is 0 Å². The molecule has 366 valence electrons. The number of carbonyl (C=O) groups is 3. The first kappa shape index (κ1) is 60.4. The number of esters is 3. The Balaban J connectivity index is 4.40. The van der Waals surface area contributed by atoms with E-state index in [0.29, 0.717) is 19.3 Å². The summed E-state index contributed by atoms with van der Waals surface area (Å²) in [5.74, 6) is -0.899. The van der Waals surface area contributed by atoms with Gasteiger partial charge in [-0.25, -0.2) is 0 Å². The molecule has 0 saturated carbocycles. The van der Waals surface area contributed by atoms with Crippen molar-refractivity contribution in [3.63, 3.8) is 0 Å². The largest absolute Gasteiger partial charge is 0.462 e. The molecule has 6 nitrogen and oxygen atoms in total. The molecule has 0 rings (SSSR count). The van der Waals surface area contributed by atoms with Crippen LogP contribution in [0.4, 0.5) is 0 Å². The second-order valence-corrected chi connectivity index (χ2v) is 18.1. The number of carbonyl (C=O) groups excluding carboxylic acids is 3. The molecule has 0 N–H and O–H groups in total. The average Bonchev–Trinajstić information content (AvgIpc) is 3.28. The van der Waals surface area contributed by atoms with Gasteiger partial charge in [-0.1, -0.05) is 223 Å². The van der Waals surface area contributed by atoms with Crippen molar-refractivity contribution in [2.75, 3.05) is 13.2 Å². The molecule has 0 heterocycles. The van der Waals surface area contributed by atoms with Gasteiger partial charge in [0, 0.05) is 19.3 Å². The molecular formula is C57H102O6. The van der Waals surface area contributed by atoms with E-state index in [2.05, 4.69) is 69.4 Å². The molecule has 0 fully saturated rings. The van der Waals surface area contributed by atoms with Crippen molar-refractivity contribution in [3.8, 4) is 0 Å². The molecule has 0 amide bonds. The Morgan fingerprint density at radius 2 is 0.571 bits per heavy atom. The van der Waals surface area contributed by atoms with E-state index < -0.39 is 6.10 Å². The van der Waals surface area contributed by atoms with E-state index in [1.807, 2.05) is 0 Å². The smallest absolute Gasteiger partial charge is 0.306 e. The molecule has 0 saturated heterocycles. The molecule has 1 atom stereocenters. The van der Waals surface area contributed by atoms with E-state index in [-0.39, 0.29) is 31.1 Å². The Labute approximate surface area is 390 Å². The van der Waals surface area contributed by atoms with Crippen LogP contribution in [-0.2, 0) is 28.6 Å². The van der Waals surface area contributed by atoms with E-state index in [0.717, 1.165) is 103 Å². The van der Waals surface area contributed by atoms with Gasteiger partial charge in [-0.15, -0.1) is 0 Å². The van der Waals surface area contributed by atoms with Crippen molar-refractivity contribution in [3.05, 3.63) is 48.6 Å². The lowest BCUT2D eigenvalue weighted by molar-refractivity contribution is -0.167. The molecule has 63 heavy (non-hydrogen) atoms. The Morgan fingerprint density at radius 3 is 0.905 bits per heavy atom. The third kappa shape index (κ3) is 50.2. The van der Waals surface area contributed by atoms with Crippen LogP contribution in [0.3, 0.4) is 0 Å². The van der Waals surface area contributed by atoms with Gasteiger partial charge in [0.1, 0.15) is 13.2 Å². The third-order valence-corrected chi connectivity index (χ3v) is 11.8. The molecule has 1 unspecified atom stereocenters. The van der Waals surface area contributed by atoms with Gasteiger partial charge in [0.05, 0.1) is 0 Å². The number of ether oxygens (including phenoxy) is 3. The molecule has 0 bridgehead atoms. The summed E-state index contributed by atoms with van der Waals surface area (Å²) in [5.41, 5.74) is 0. The fraction of sp³-hybridized carbons (Fsp3) is 0.807. The highest BCUT2D eigenvalue weighted by molar-refractivity contribution is 5.71. The summed E-state index contributed by atoms with van der Waals surface area (Å²) in [5, 5.41) is 0. The molecule has 6 heteroatoms. The molecule has 0 spiro atoms. The minimum atomic E-state index is -0.783. The highest BCUT2D eigenvalue weighted by Crippen LogP contribution is 2.15. The maximum absolute atomic E-state index is 12.8. The zero-order valence-corrected chi connectivity index (χ0v) is 41.8. The van der Waals surface area contributed by atoms with Crippen molar-refractivity contribution in [1.29, 1.82) is 0 Å². The van der Waals surface area contributed by atoms with Crippen LogP contribution in [-0.4, -0.2) is 37.2 Å². The summed E-state index contributed by atoms with van der Waals surface area (Å²) >= 11 is 0. The third-order valence-electron chi connectivity index (χ3n) is 11.8. The fourth-order valence-electron chi connectivity index (χ4n) is 7.68. The summed E-state index contributed by atoms with van der Waals surface area (Å²) in [7, 11) is 0. The van der Waals surface area contributed by atoms with Crippen LogP contribution in [0.15, 0.2) is 48.6 Å². The summed E-state index contributed by atoms with van der Waals surface area (Å²) in [6, 6.07) is 0. The van der Waals surface area contributed by atoms with Crippen LogP contribution in [0.2, 0.25) is 0 Å². The van der Waals surface area contributed by atoms with Crippen molar-refractivity contribution < 1.29 is 28.6 Å². The first-order valence-electron chi connectivity index (χ1n) is 27.1. The highest BCUT2D eigenvalue weighted by Gasteiger charge is 2.19. The Morgan fingerprint density at radius 1 is 0.317 bits per heavy atom. The Hall–Kier alpha value is -2.63. The first-order chi connectivity index (χ1) is 31.0. The minimum Gasteiger partial charge on any atom is -0.462 e. The van der Waals surface area contributed by atoms with Gasteiger partial charge in [-0.05, 0) is 83.5 Å². The Kier molecular flexibility index (Phi) is 49.8. The first-order valence-corrected chi connectivity index (χ1v) is 27.1. The SMILES string of the molecule is CCCCCC=CCC=CCCCCCCCC(=O)OCC(COC(=O)CCCCCCCCCCCCCCCCC)OC(=O)CCCCCCCC=CCC=CCCCCC. The maximum atomic E-state index is 12.8.